The first-order chi connectivity index (χ1) is 14.5. The van der Waals surface area contributed by atoms with E-state index in [-0.39, 0.29) is 5.78 Å². The molecular formula is C26H23N3O. The number of benzene rings is 3. The van der Waals surface area contributed by atoms with Gasteiger partial charge in [0.05, 0.1) is 0 Å². The Morgan fingerprint density at radius 3 is 1.27 bits per heavy atom. The van der Waals surface area contributed by atoms with Crippen LogP contribution >= 0.6 is 0 Å². The standard InChI is InChI=1S/C26H23N3O/c1-4-23(30)19-13-15-22(16-14-19)26-28-24(20-9-5-17(2)6-10-20)27-25(29-26)21-11-7-18(3)8-12-21/h5-16H,4H2,1-3H3. The van der Waals surface area contributed by atoms with Gasteiger partial charge in [-0.25, -0.2) is 15.0 Å². The molecule has 1 aromatic heterocycles. The summed E-state index contributed by atoms with van der Waals surface area (Å²) in [6.45, 7) is 5.98. The summed E-state index contributed by atoms with van der Waals surface area (Å²) in [5, 5.41) is 0. The Morgan fingerprint density at radius 2 is 0.933 bits per heavy atom. The molecule has 4 rings (SSSR count). The van der Waals surface area contributed by atoms with Gasteiger partial charge < -0.3 is 0 Å². The minimum atomic E-state index is 0.123. The minimum Gasteiger partial charge on any atom is -0.294 e. The van der Waals surface area contributed by atoms with Crippen LogP contribution in [-0.2, 0) is 0 Å². The molecule has 0 aliphatic rings. The molecule has 30 heavy (non-hydrogen) atoms. The maximum atomic E-state index is 12.0. The lowest BCUT2D eigenvalue weighted by atomic mass is 10.1. The molecule has 0 aliphatic heterocycles. The van der Waals surface area contributed by atoms with Crippen LogP contribution in [0.3, 0.4) is 0 Å². The van der Waals surface area contributed by atoms with Gasteiger partial charge >= 0.3 is 0 Å². The monoisotopic (exact) mass is 393 g/mol. The summed E-state index contributed by atoms with van der Waals surface area (Å²) >= 11 is 0. The highest BCUT2D eigenvalue weighted by molar-refractivity contribution is 5.96. The first-order valence-electron chi connectivity index (χ1n) is 10.1. The molecule has 4 nitrogen and oxygen atoms in total. The minimum absolute atomic E-state index is 0.123. The number of carbonyl (C=O) groups is 1. The second-order valence-corrected chi connectivity index (χ2v) is 7.39. The van der Waals surface area contributed by atoms with Gasteiger partial charge in [0.15, 0.2) is 23.3 Å². The average molecular weight is 393 g/mol. The molecule has 0 N–H and O–H groups in total. The molecule has 4 aromatic rings. The summed E-state index contributed by atoms with van der Waals surface area (Å²) in [6.07, 6.45) is 0.486. The quantitative estimate of drug-likeness (QED) is 0.385. The molecule has 3 aromatic carbocycles. The molecule has 0 saturated heterocycles. The summed E-state index contributed by atoms with van der Waals surface area (Å²) < 4.78 is 0. The number of nitrogens with zero attached hydrogens (tertiary/aromatic N) is 3. The van der Waals surface area contributed by atoms with Crippen LogP contribution in [0, 0.1) is 13.8 Å². The topological polar surface area (TPSA) is 55.7 Å². The van der Waals surface area contributed by atoms with Crippen molar-refractivity contribution in [3.05, 3.63) is 89.5 Å². The molecule has 0 bridgehead atoms. The number of carbonyl (C=O) groups excluding carboxylic acids is 1. The van der Waals surface area contributed by atoms with Crippen LogP contribution in [0.15, 0.2) is 72.8 Å². The van der Waals surface area contributed by atoms with E-state index < -0.39 is 0 Å². The number of hydrogen-bond donors (Lipinski definition) is 0. The second-order valence-electron chi connectivity index (χ2n) is 7.39. The SMILES string of the molecule is CCC(=O)c1ccc(-c2nc(-c3ccc(C)cc3)nc(-c3ccc(C)cc3)n2)cc1. The number of aryl methyl sites for hydroxylation is 2. The van der Waals surface area contributed by atoms with Gasteiger partial charge in [-0.05, 0) is 13.8 Å². The van der Waals surface area contributed by atoms with Crippen molar-refractivity contribution in [1.82, 2.24) is 15.0 Å². The molecule has 0 aliphatic carbocycles. The normalized spacial score (nSPS) is 10.8. The largest absolute Gasteiger partial charge is 0.294 e. The molecule has 0 fully saturated rings. The predicted molar refractivity (Wildman–Crippen MR) is 120 cm³/mol. The predicted octanol–water partition coefficient (Wildman–Crippen LogP) is 6.08. The van der Waals surface area contributed by atoms with Crippen molar-refractivity contribution >= 4 is 5.78 Å². The average Bonchev–Trinajstić information content (AvgIpc) is 2.79. The van der Waals surface area contributed by atoms with E-state index in [4.69, 9.17) is 15.0 Å². The highest BCUT2D eigenvalue weighted by Crippen LogP contribution is 2.25. The van der Waals surface area contributed by atoms with E-state index in [1.165, 1.54) is 11.1 Å². The van der Waals surface area contributed by atoms with Crippen molar-refractivity contribution < 1.29 is 4.79 Å². The first-order valence-corrected chi connectivity index (χ1v) is 10.1. The molecule has 0 saturated carbocycles. The van der Waals surface area contributed by atoms with Crippen LogP contribution in [0.25, 0.3) is 34.2 Å². The van der Waals surface area contributed by atoms with Crippen molar-refractivity contribution in [2.24, 2.45) is 0 Å². The Balaban J connectivity index is 1.83. The molecule has 0 amide bonds. The number of hydrogen-bond acceptors (Lipinski definition) is 4. The number of Topliss-reactive ketones (excluding diaryl/α,β-unsaturated/α-hetero) is 1. The first kappa shape index (κ1) is 19.6. The smallest absolute Gasteiger partial charge is 0.164 e. The third kappa shape index (κ3) is 4.18. The van der Waals surface area contributed by atoms with Crippen LogP contribution in [0.1, 0.15) is 34.8 Å². The number of rotatable bonds is 5. The maximum absolute atomic E-state index is 12.0. The lowest BCUT2D eigenvalue weighted by Crippen LogP contribution is -2.01. The Labute approximate surface area is 176 Å². The zero-order valence-corrected chi connectivity index (χ0v) is 17.4. The van der Waals surface area contributed by atoms with Gasteiger partial charge in [0.25, 0.3) is 0 Å². The van der Waals surface area contributed by atoms with Crippen molar-refractivity contribution in [2.45, 2.75) is 27.2 Å². The molecule has 4 heteroatoms. The molecule has 148 valence electrons. The third-order valence-electron chi connectivity index (χ3n) is 5.04. The molecule has 0 spiro atoms. The Bertz CT molecular complexity index is 1110. The van der Waals surface area contributed by atoms with Crippen LogP contribution in [0.4, 0.5) is 0 Å². The Hall–Kier alpha value is -3.66. The van der Waals surface area contributed by atoms with Crippen molar-refractivity contribution in [3.8, 4) is 34.2 Å². The second kappa shape index (κ2) is 8.37. The van der Waals surface area contributed by atoms with Gasteiger partial charge in [-0.3, -0.25) is 4.79 Å². The highest BCUT2D eigenvalue weighted by atomic mass is 16.1. The van der Waals surface area contributed by atoms with Crippen LogP contribution < -0.4 is 0 Å². The van der Waals surface area contributed by atoms with Crippen molar-refractivity contribution in [3.63, 3.8) is 0 Å². The fourth-order valence-electron chi connectivity index (χ4n) is 3.18. The van der Waals surface area contributed by atoms with E-state index in [0.717, 1.165) is 16.7 Å². The summed E-state index contributed by atoms with van der Waals surface area (Å²) in [5.74, 6) is 1.97. The summed E-state index contributed by atoms with van der Waals surface area (Å²) in [6, 6.07) is 23.8. The van der Waals surface area contributed by atoms with Gasteiger partial charge in [0, 0.05) is 28.7 Å². The third-order valence-corrected chi connectivity index (χ3v) is 5.04. The summed E-state index contributed by atoms with van der Waals surface area (Å²) in [5.41, 5.74) is 5.80. The Morgan fingerprint density at radius 1 is 0.600 bits per heavy atom. The number of aromatic nitrogens is 3. The lowest BCUT2D eigenvalue weighted by molar-refractivity contribution is 0.0988. The van der Waals surface area contributed by atoms with Crippen LogP contribution in [-0.4, -0.2) is 20.7 Å². The van der Waals surface area contributed by atoms with Gasteiger partial charge in [-0.2, -0.15) is 0 Å². The zero-order chi connectivity index (χ0) is 21.1. The summed E-state index contributed by atoms with van der Waals surface area (Å²) in [4.78, 5) is 26.2. The van der Waals surface area contributed by atoms with E-state index in [1.54, 1.807) is 0 Å². The lowest BCUT2D eigenvalue weighted by Gasteiger charge is -2.09. The van der Waals surface area contributed by atoms with E-state index in [1.807, 2.05) is 55.5 Å². The molecule has 0 unspecified atom stereocenters. The Kier molecular flexibility index (Phi) is 5.48. The summed E-state index contributed by atoms with van der Waals surface area (Å²) in [7, 11) is 0. The fraction of sp³-hybridized carbons (Fsp3) is 0.154. The highest BCUT2D eigenvalue weighted by Gasteiger charge is 2.13. The van der Waals surface area contributed by atoms with Gasteiger partial charge in [0.1, 0.15) is 0 Å². The maximum Gasteiger partial charge on any atom is 0.164 e. The number of ketones is 1. The molecule has 1 heterocycles. The van der Waals surface area contributed by atoms with Crippen LogP contribution in [0.2, 0.25) is 0 Å². The van der Waals surface area contributed by atoms with Crippen molar-refractivity contribution in [2.75, 3.05) is 0 Å². The van der Waals surface area contributed by atoms with Crippen molar-refractivity contribution in [1.29, 1.82) is 0 Å². The van der Waals surface area contributed by atoms with Gasteiger partial charge in [-0.15, -0.1) is 0 Å². The van der Waals surface area contributed by atoms with E-state index >= 15 is 0 Å². The molecule has 0 atom stereocenters. The fourth-order valence-corrected chi connectivity index (χ4v) is 3.18. The van der Waals surface area contributed by atoms with Crippen LogP contribution in [0.5, 0.6) is 0 Å². The molecular weight excluding hydrogens is 370 g/mol. The van der Waals surface area contributed by atoms with Gasteiger partial charge in [0.2, 0.25) is 0 Å². The van der Waals surface area contributed by atoms with E-state index in [2.05, 4.69) is 38.1 Å². The zero-order valence-electron chi connectivity index (χ0n) is 17.4. The van der Waals surface area contributed by atoms with E-state index in [9.17, 15) is 4.79 Å². The van der Waals surface area contributed by atoms with Gasteiger partial charge in [-0.1, -0.05) is 90.8 Å². The van der Waals surface area contributed by atoms with E-state index in [0.29, 0.717) is 29.5 Å². The molecule has 0 radical (unpaired) electrons.